The Labute approximate surface area is 87.8 Å². The van der Waals surface area contributed by atoms with Crippen LogP contribution in [0.25, 0.3) is 6.08 Å². The third-order valence-electron chi connectivity index (χ3n) is 1.98. The second-order valence-electron chi connectivity index (χ2n) is 2.82. The minimum Gasteiger partial charge on any atom is -0.469 e. The molecular formula is C11H10N2O2. The number of esters is 1. The summed E-state index contributed by atoms with van der Waals surface area (Å²) in [5, 5.41) is 8.85. The van der Waals surface area contributed by atoms with Crippen molar-refractivity contribution < 1.29 is 9.53 Å². The fraction of sp³-hybridized carbons (Fsp3) is 0.182. The Morgan fingerprint density at radius 1 is 1.73 bits per heavy atom. The molecule has 0 amide bonds. The zero-order chi connectivity index (χ0) is 11.3. The minimum absolute atomic E-state index is 0.0588. The third kappa shape index (κ3) is 2.41. The van der Waals surface area contributed by atoms with Crippen LogP contribution < -0.4 is 0 Å². The molecule has 4 nitrogen and oxygen atoms in total. The Morgan fingerprint density at radius 2 is 2.47 bits per heavy atom. The summed E-state index contributed by atoms with van der Waals surface area (Å²) in [5.41, 5.74) is 1.66. The topological polar surface area (TPSA) is 63.0 Å². The van der Waals surface area contributed by atoms with E-state index in [9.17, 15) is 4.79 Å². The Bertz CT molecular complexity index is 433. The molecule has 0 aromatic carbocycles. The van der Waals surface area contributed by atoms with Gasteiger partial charge in [-0.05, 0) is 11.1 Å². The van der Waals surface area contributed by atoms with Crippen molar-refractivity contribution in [3.8, 4) is 6.07 Å². The third-order valence-corrected chi connectivity index (χ3v) is 1.98. The first-order valence-corrected chi connectivity index (χ1v) is 4.29. The molecule has 15 heavy (non-hydrogen) atoms. The lowest BCUT2D eigenvalue weighted by Crippen LogP contribution is -2.08. The molecule has 0 radical (unpaired) electrons. The number of rotatable bonds is 3. The Balaban J connectivity index is 3.18. The van der Waals surface area contributed by atoms with Crippen molar-refractivity contribution in [2.24, 2.45) is 0 Å². The quantitative estimate of drug-likeness (QED) is 0.693. The van der Waals surface area contributed by atoms with Gasteiger partial charge in [-0.2, -0.15) is 5.26 Å². The molecule has 0 saturated carbocycles. The van der Waals surface area contributed by atoms with Crippen molar-refractivity contribution in [1.82, 2.24) is 4.98 Å². The zero-order valence-electron chi connectivity index (χ0n) is 8.36. The van der Waals surface area contributed by atoms with Crippen molar-refractivity contribution in [3.05, 3.63) is 35.7 Å². The number of carbonyl (C=O) groups excluding carboxylic acids is 1. The maximum Gasteiger partial charge on any atom is 0.310 e. The molecule has 0 aliphatic rings. The van der Waals surface area contributed by atoms with Crippen LogP contribution in [0.4, 0.5) is 0 Å². The van der Waals surface area contributed by atoms with E-state index in [-0.39, 0.29) is 12.4 Å². The zero-order valence-corrected chi connectivity index (χ0v) is 8.36. The maximum absolute atomic E-state index is 11.1. The number of hydrogen-bond acceptors (Lipinski definition) is 4. The Hall–Kier alpha value is -2.15. The van der Waals surface area contributed by atoms with E-state index in [0.29, 0.717) is 16.7 Å². The van der Waals surface area contributed by atoms with Crippen molar-refractivity contribution >= 4 is 12.0 Å². The van der Waals surface area contributed by atoms with Crippen molar-refractivity contribution in [3.63, 3.8) is 0 Å². The van der Waals surface area contributed by atoms with E-state index >= 15 is 0 Å². The smallest absolute Gasteiger partial charge is 0.310 e. The number of carbonyl (C=O) groups is 1. The normalized spacial score (nSPS) is 9.07. The monoisotopic (exact) mass is 202 g/mol. The fourth-order valence-electron chi connectivity index (χ4n) is 1.19. The maximum atomic E-state index is 11.1. The predicted molar refractivity (Wildman–Crippen MR) is 54.8 cm³/mol. The van der Waals surface area contributed by atoms with Crippen molar-refractivity contribution in [2.75, 3.05) is 7.11 Å². The van der Waals surface area contributed by atoms with Gasteiger partial charge in [0.2, 0.25) is 0 Å². The average molecular weight is 202 g/mol. The Kier molecular flexibility index (Phi) is 3.58. The molecule has 1 aromatic heterocycles. The van der Waals surface area contributed by atoms with Gasteiger partial charge >= 0.3 is 5.97 Å². The van der Waals surface area contributed by atoms with E-state index in [1.165, 1.54) is 13.3 Å². The highest BCUT2D eigenvalue weighted by Crippen LogP contribution is 2.15. The molecule has 0 bridgehead atoms. The number of nitriles is 1. The highest BCUT2D eigenvalue weighted by molar-refractivity contribution is 5.75. The first-order valence-electron chi connectivity index (χ1n) is 4.29. The van der Waals surface area contributed by atoms with Crippen LogP contribution in [-0.4, -0.2) is 18.1 Å². The summed E-state index contributed by atoms with van der Waals surface area (Å²) in [6.45, 7) is 3.60. The van der Waals surface area contributed by atoms with E-state index in [1.54, 1.807) is 12.3 Å². The second-order valence-corrected chi connectivity index (χ2v) is 2.82. The van der Waals surface area contributed by atoms with Gasteiger partial charge in [0.1, 0.15) is 6.07 Å². The lowest BCUT2D eigenvalue weighted by molar-refractivity contribution is -0.139. The molecule has 0 saturated heterocycles. The SMILES string of the molecule is C=Cc1cncc(C#N)c1CC(=O)OC. The first kappa shape index (κ1) is 10.9. The number of methoxy groups -OCH3 is 1. The average Bonchev–Trinajstić information content (AvgIpc) is 2.29. The van der Waals surface area contributed by atoms with Crippen LogP contribution in [0, 0.1) is 11.3 Å². The van der Waals surface area contributed by atoms with Gasteiger partial charge in [-0.3, -0.25) is 9.78 Å². The molecule has 1 aromatic rings. The molecule has 0 N–H and O–H groups in total. The number of ether oxygens (including phenoxy) is 1. The van der Waals surface area contributed by atoms with Crippen LogP contribution >= 0.6 is 0 Å². The van der Waals surface area contributed by atoms with Gasteiger partial charge in [0, 0.05) is 12.4 Å². The van der Waals surface area contributed by atoms with Crippen LogP contribution in [0.3, 0.4) is 0 Å². The van der Waals surface area contributed by atoms with Gasteiger partial charge in [-0.1, -0.05) is 12.7 Å². The number of aromatic nitrogens is 1. The summed E-state index contributed by atoms with van der Waals surface area (Å²) in [6.07, 6.45) is 4.60. The van der Waals surface area contributed by atoms with Gasteiger partial charge in [-0.15, -0.1) is 0 Å². The van der Waals surface area contributed by atoms with Gasteiger partial charge < -0.3 is 4.74 Å². The summed E-state index contributed by atoms with van der Waals surface area (Å²) < 4.78 is 4.55. The van der Waals surface area contributed by atoms with Crippen molar-refractivity contribution in [1.29, 1.82) is 5.26 Å². The van der Waals surface area contributed by atoms with Crippen LogP contribution in [0.1, 0.15) is 16.7 Å². The van der Waals surface area contributed by atoms with E-state index in [4.69, 9.17) is 5.26 Å². The molecular weight excluding hydrogens is 192 g/mol. The summed E-state index contributed by atoms with van der Waals surface area (Å²) in [7, 11) is 1.31. The minimum atomic E-state index is -0.388. The molecule has 1 heterocycles. The summed E-state index contributed by atoms with van der Waals surface area (Å²) in [6, 6.07) is 1.98. The standard InChI is InChI=1S/C11H10N2O2/c1-3-8-6-13-7-9(5-12)10(8)4-11(14)15-2/h3,6-7H,1,4H2,2H3. The highest BCUT2D eigenvalue weighted by Gasteiger charge is 2.11. The lowest BCUT2D eigenvalue weighted by atomic mass is 10.0. The number of hydrogen-bond donors (Lipinski definition) is 0. The van der Waals surface area contributed by atoms with Crippen molar-refractivity contribution in [2.45, 2.75) is 6.42 Å². The van der Waals surface area contributed by atoms with Crippen LogP contribution in [0.2, 0.25) is 0 Å². The predicted octanol–water partition coefficient (Wildman–Crippen LogP) is 1.31. The lowest BCUT2D eigenvalue weighted by Gasteiger charge is -2.05. The van der Waals surface area contributed by atoms with Gasteiger partial charge in [0.15, 0.2) is 0 Å². The molecule has 0 aliphatic carbocycles. The summed E-state index contributed by atoms with van der Waals surface area (Å²) in [5.74, 6) is -0.388. The molecule has 4 heteroatoms. The molecule has 0 aliphatic heterocycles. The molecule has 0 unspecified atom stereocenters. The molecule has 0 fully saturated rings. The molecule has 0 atom stereocenters. The highest BCUT2D eigenvalue weighted by atomic mass is 16.5. The van der Waals surface area contributed by atoms with E-state index in [1.807, 2.05) is 6.07 Å². The molecule has 0 spiro atoms. The van der Waals surface area contributed by atoms with E-state index < -0.39 is 0 Å². The molecule has 1 rings (SSSR count). The summed E-state index contributed by atoms with van der Waals surface area (Å²) in [4.78, 5) is 15.0. The Morgan fingerprint density at radius 3 is 3.00 bits per heavy atom. The van der Waals surface area contributed by atoms with Gasteiger partial charge in [-0.25, -0.2) is 0 Å². The van der Waals surface area contributed by atoms with E-state index in [2.05, 4.69) is 16.3 Å². The fourth-order valence-corrected chi connectivity index (χ4v) is 1.19. The second kappa shape index (κ2) is 4.91. The first-order chi connectivity index (χ1) is 7.22. The van der Waals surface area contributed by atoms with Crippen LogP contribution in [-0.2, 0) is 16.0 Å². The summed E-state index contributed by atoms with van der Waals surface area (Å²) >= 11 is 0. The van der Waals surface area contributed by atoms with Crippen LogP contribution in [0.5, 0.6) is 0 Å². The molecule has 76 valence electrons. The number of nitrogens with zero attached hydrogens (tertiary/aromatic N) is 2. The van der Waals surface area contributed by atoms with Gasteiger partial charge in [0.25, 0.3) is 0 Å². The largest absolute Gasteiger partial charge is 0.469 e. The van der Waals surface area contributed by atoms with Crippen LogP contribution in [0.15, 0.2) is 19.0 Å². The number of pyridine rings is 1. The van der Waals surface area contributed by atoms with E-state index in [0.717, 1.165) is 0 Å². The van der Waals surface area contributed by atoms with Gasteiger partial charge in [0.05, 0.1) is 19.1 Å².